The van der Waals surface area contributed by atoms with Crippen molar-refractivity contribution in [2.24, 2.45) is 5.92 Å². The van der Waals surface area contributed by atoms with E-state index in [-0.39, 0.29) is 23.8 Å². The maximum Gasteiger partial charge on any atom is 0.264 e. The third kappa shape index (κ3) is 4.83. The van der Waals surface area contributed by atoms with E-state index >= 15 is 0 Å². The van der Waals surface area contributed by atoms with Gasteiger partial charge in [-0.25, -0.2) is 0 Å². The zero-order chi connectivity index (χ0) is 22.8. The summed E-state index contributed by atoms with van der Waals surface area (Å²) in [6.45, 7) is 4.55. The average molecular weight is 464 g/mol. The summed E-state index contributed by atoms with van der Waals surface area (Å²) in [5, 5.41) is 10.9. The Hall–Kier alpha value is -3.46. The van der Waals surface area contributed by atoms with Gasteiger partial charge in [-0.1, -0.05) is 0 Å². The number of likely N-dealkylation sites (tertiary alicyclic amines) is 1. The zero-order valence-electron chi connectivity index (χ0n) is 18.3. The first-order valence-electron chi connectivity index (χ1n) is 11.0. The predicted molar refractivity (Wildman–Crippen MR) is 127 cm³/mol. The molecule has 2 aliphatic rings. The van der Waals surface area contributed by atoms with Crippen LogP contribution in [0.25, 0.3) is 0 Å². The Morgan fingerprint density at radius 2 is 1.91 bits per heavy atom. The molecule has 2 amide bonds. The number of thiophene rings is 1. The molecule has 0 bridgehead atoms. The molecule has 1 aromatic carbocycles. The molecule has 3 aromatic rings. The fourth-order valence-corrected chi connectivity index (χ4v) is 4.90. The molecule has 5 rings (SSSR count). The number of aromatic nitrogens is 2. The van der Waals surface area contributed by atoms with Gasteiger partial charge in [0.25, 0.3) is 5.91 Å². The molecule has 2 fully saturated rings. The summed E-state index contributed by atoms with van der Waals surface area (Å²) in [4.78, 5) is 30.9. The highest BCUT2D eigenvalue weighted by molar-refractivity contribution is 7.13. The molecule has 8 nitrogen and oxygen atoms in total. The molecule has 170 valence electrons. The van der Waals surface area contributed by atoms with Gasteiger partial charge in [-0.15, -0.1) is 16.4 Å². The van der Waals surface area contributed by atoms with Crippen molar-refractivity contribution in [2.75, 3.05) is 36.4 Å². The van der Waals surface area contributed by atoms with Crippen LogP contribution in [0, 0.1) is 12.8 Å². The van der Waals surface area contributed by atoms with Gasteiger partial charge in [0.2, 0.25) is 5.91 Å². The summed E-state index contributed by atoms with van der Waals surface area (Å²) in [6, 6.07) is 15.0. The van der Waals surface area contributed by atoms with Crippen molar-refractivity contribution < 1.29 is 14.3 Å². The van der Waals surface area contributed by atoms with Crippen LogP contribution in [0.4, 0.5) is 11.5 Å². The molecule has 2 aromatic heterocycles. The lowest BCUT2D eigenvalue weighted by Crippen LogP contribution is -2.52. The van der Waals surface area contributed by atoms with Gasteiger partial charge in [0.05, 0.1) is 17.3 Å². The first-order chi connectivity index (χ1) is 16.0. The van der Waals surface area contributed by atoms with Crippen LogP contribution in [0.1, 0.15) is 21.0 Å². The zero-order valence-corrected chi connectivity index (χ0v) is 19.1. The molecule has 0 aliphatic carbocycles. The fraction of sp³-hybridized carbons (Fsp3) is 0.333. The molecule has 33 heavy (non-hydrogen) atoms. The van der Waals surface area contributed by atoms with Gasteiger partial charge in [-0.2, -0.15) is 5.10 Å². The van der Waals surface area contributed by atoms with Crippen LogP contribution in [0.2, 0.25) is 0 Å². The summed E-state index contributed by atoms with van der Waals surface area (Å²) in [5.41, 5.74) is 0.738. The largest absolute Gasteiger partial charge is 0.489 e. The normalized spacial score (nSPS) is 18.2. The number of nitrogens with zero attached hydrogens (tertiary/aromatic N) is 4. The van der Waals surface area contributed by atoms with E-state index in [4.69, 9.17) is 4.74 Å². The summed E-state index contributed by atoms with van der Waals surface area (Å²) >= 11 is 1.53. The van der Waals surface area contributed by atoms with E-state index in [0.29, 0.717) is 26.2 Å². The van der Waals surface area contributed by atoms with Crippen LogP contribution in [0.15, 0.2) is 54.7 Å². The molecular formula is C24H25N5O3S. The first-order valence-corrected chi connectivity index (χ1v) is 11.8. The molecular weight excluding hydrogens is 438 g/mol. The summed E-state index contributed by atoms with van der Waals surface area (Å²) in [6.07, 6.45) is 2.41. The Bertz CT molecular complexity index is 1130. The van der Waals surface area contributed by atoms with Crippen molar-refractivity contribution in [3.8, 4) is 5.75 Å². The van der Waals surface area contributed by atoms with Gasteiger partial charge in [0, 0.05) is 42.8 Å². The first kappa shape index (κ1) is 21.4. The molecule has 2 saturated heterocycles. The van der Waals surface area contributed by atoms with Crippen LogP contribution in [-0.2, 0) is 4.79 Å². The highest BCUT2D eigenvalue weighted by Crippen LogP contribution is 2.26. The lowest BCUT2D eigenvalue weighted by molar-refractivity contribution is -0.120. The van der Waals surface area contributed by atoms with Crippen molar-refractivity contribution in [3.63, 3.8) is 0 Å². The van der Waals surface area contributed by atoms with Crippen molar-refractivity contribution in [1.82, 2.24) is 15.1 Å². The number of rotatable bonds is 6. The molecule has 2 aliphatic heterocycles. The smallest absolute Gasteiger partial charge is 0.264 e. The van der Waals surface area contributed by atoms with Crippen molar-refractivity contribution in [1.29, 1.82) is 0 Å². The van der Waals surface area contributed by atoms with Crippen LogP contribution >= 0.6 is 11.3 Å². The van der Waals surface area contributed by atoms with Crippen molar-refractivity contribution in [2.45, 2.75) is 19.4 Å². The topological polar surface area (TPSA) is 87.7 Å². The Kier molecular flexibility index (Phi) is 5.95. The van der Waals surface area contributed by atoms with Gasteiger partial charge >= 0.3 is 0 Å². The van der Waals surface area contributed by atoms with Gasteiger partial charge in [0.15, 0.2) is 5.82 Å². The number of benzene rings is 1. The Morgan fingerprint density at radius 1 is 1.09 bits per heavy atom. The number of ether oxygens (including phenoxy) is 1. The molecule has 1 atom stereocenters. The third-order valence-electron chi connectivity index (χ3n) is 5.94. The highest BCUT2D eigenvalue weighted by atomic mass is 32.1. The lowest BCUT2D eigenvalue weighted by atomic mass is 9.99. The number of hydrogen-bond acceptors (Lipinski definition) is 7. The van der Waals surface area contributed by atoms with Gasteiger partial charge < -0.3 is 19.9 Å². The van der Waals surface area contributed by atoms with Crippen molar-refractivity contribution in [3.05, 3.63) is 64.5 Å². The summed E-state index contributed by atoms with van der Waals surface area (Å²) in [5.74, 6) is 1.53. The van der Waals surface area contributed by atoms with E-state index < -0.39 is 0 Å². The third-order valence-corrected chi connectivity index (χ3v) is 6.93. The number of carbonyl (C=O) groups excluding carboxylic acids is 2. The average Bonchev–Trinajstić information content (AvgIpc) is 3.43. The van der Waals surface area contributed by atoms with E-state index in [1.807, 2.05) is 65.3 Å². The van der Waals surface area contributed by atoms with Crippen LogP contribution in [-0.4, -0.2) is 59.2 Å². The Labute approximate surface area is 196 Å². The standard InChI is InChI=1S/C24H25N5O3S/c1-16-4-9-21(33-16)24(31)28-12-10-20(15-28)32-19-7-5-18(6-8-19)26-23(30)17-13-29(14-17)22-3-2-11-25-27-22/h2-9,11,17,20H,10,12-15H2,1H3,(H,26,30)/t20-/m1/s1. The second-order valence-corrected chi connectivity index (χ2v) is 9.68. The number of carbonyl (C=O) groups is 2. The lowest BCUT2D eigenvalue weighted by Gasteiger charge is -2.38. The SMILES string of the molecule is Cc1ccc(C(=O)N2CC[C@@H](Oc3ccc(NC(=O)C4CN(c5cccnn5)C4)cc3)C2)s1. The monoisotopic (exact) mass is 463 g/mol. The number of aryl methyl sites for hydroxylation is 1. The highest BCUT2D eigenvalue weighted by Gasteiger charge is 2.33. The van der Waals surface area contributed by atoms with Crippen LogP contribution in [0.3, 0.4) is 0 Å². The fourth-order valence-electron chi connectivity index (χ4n) is 4.06. The Morgan fingerprint density at radius 3 is 2.61 bits per heavy atom. The van der Waals surface area contributed by atoms with E-state index in [0.717, 1.165) is 33.4 Å². The summed E-state index contributed by atoms with van der Waals surface area (Å²) < 4.78 is 6.08. The number of hydrogen-bond donors (Lipinski definition) is 1. The molecule has 0 unspecified atom stereocenters. The summed E-state index contributed by atoms with van der Waals surface area (Å²) in [7, 11) is 0. The maximum atomic E-state index is 12.6. The predicted octanol–water partition coefficient (Wildman–Crippen LogP) is 3.21. The minimum atomic E-state index is -0.0722. The number of amides is 2. The second-order valence-electron chi connectivity index (χ2n) is 8.39. The van der Waals surface area contributed by atoms with Crippen LogP contribution < -0.4 is 15.0 Å². The van der Waals surface area contributed by atoms with Crippen molar-refractivity contribution >= 4 is 34.7 Å². The van der Waals surface area contributed by atoms with E-state index in [2.05, 4.69) is 15.5 Å². The minimum Gasteiger partial charge on any atom is -0.489 e. The molecule has 9 heteroatoms. The Balaban J connectivity index is 1.09. The molecule has 0 saturated carbocycles. The molecule has 0 radical (unpaired) electrons. The number of anilines is 2. The van der Waals surface area contributed by atoms with E-state index in [1.165, 1.54) is 11.3 Å². The van der Waals surface area contributed by atoms with Gasteiger partial charge in [-0.3, -0.25) is 9.59 Å². The van der Waals surface area contributed by atoms with Gasteiger partial charge in [0.1, 0.15) is 11.9 Å². The maximum absolute atomic E-state index is 12.6. The van der Waals surface area contributed by atoms with Gasteiger partial charge in [-0.05, 0) is 55.5 Å². The van der Waals surface area contributed by atoms with E-state index in [1.54, 1.807) is 6.20 Å². The van der Waals surface area contributed by atoms with Crippen LogP contribution in [0.5, 0.6) is 5.75 Å². The quantitative estimate of drug-likeness (QED) is 0.604. The minimum absolute atomic E-state index is 0.00225. The number of nitrogens with one attached hydrogen (secondary N) is 1. The molecule has 4 heterocycles. The molecule has 1 N–H and O–H groups in total. The second kappa shape index (κ2) is 9.19. The van der Waals surface area contributed by atoms with E-state index in [9.17, 15) is 9.59 Å². The molecule has 0 spiro atoms.